The topological polar surface area (TPSA) is 123 Å². The third kappa shape index (κ3) is 6.95. The molecule has 46 heavy (non-hydrogen) atoms. The van der Waals surface area contributed by atoms with Gasteiger partial charge in [0.25, 0.3) is 5.91 Å². The van der Waals surface area contributed by atoms with Gasteiger partial charge in [-0.3, -0.25) is 9.59 Å². The number of nitrogens with one attached hydrogen (secondary N) is 2. The fourth-order valence-corrected chi connectivity index (χ4v) is 6.36. The van der Waals surface area contributed by atoms with Crippen LogP contribution in [0.1, 0.15) is 47.3 Å². The molecule has 3 aromatic rings. The number of amides is 2. The van der Waals surface area contributed by atoms with Crippen LogP contribution in [0.15, 0.2) is 42.6 Å². The molecule has 2 atom stereocenters. The van der Waals surface area contributed by atoms with Gasteiger partial charge in [-0.25, -0.2) is 14.4 Å². The van der Waals surface area contributed by atoms with Crippen LogP contribution < -0.4 is 15.5 Å². The standard InChI is InChI=1S/C33H39ClFN7O4/c1-20(31(44)38-29(19-43)23-13-24(35)16-26(14-23)41-9-7-40(2)8-10-41)42-18-22-4-3-21(15-27(22)32(42)45)30-28(34)17-36-33(39-30)37-25-5-11-46-12-6-25/h3-4,13-17,20,25,29,43H,5-12,18-19H2,1-2H3,(H,38,44)(H,36,37,39)/t20-,29-/m1/s1. The molecule has 0 spiro atoms. The first-order chi connectivity index (χ1) is 22.2. The van der Waals surface area contributed by atoms with Crippen LogP contribution in [0, 0.1) is 5.82 Å². The number of halogens is 2. The van der Waals surface area contributed by atoms with E-state index in [1.807, 2.05) is 19.2 Å². The molecule has 2 amide bonds. The summed E-state index contributed by atoms with van der Waals surface area (Å²) in [5.74, 6) is -0.733. The molecule has 2 aromatic carbocycles. The van der Waals surface area contributed by atoms with Crippen molar-refractivity contribution < 1.29 is 23.8 Å². The van der Waals surface area contributed by atoms with Gasteiger partial charge in [0, 0.05) is 68.8 Å². The van der Waals surface area contributed by atoms with Crippen molar-refractivity contribution in [3.05, 3.63) is 70.1 Å². The van der Waals surface area contributed by atoms with Crippen LogP contribution in [0.3, 0.4) is 0 Å². The molecule has 2 saturated heterocycles. The van der Waals surface area contributed by atoms with Crippen molar-refractivity contribution in [2.75, 3.05) is 63.3 Å². The van der Waals surface area contributed by atoms with Gasteiger partial charge in [0.05, 0.1) is 29.6 Å². The highest BCUT2D eigenvalue weighted by atomic mass is 35.5. The largest absolute Gasteiger partial charge is 0.394 e. The minimum absolute atomic E-state index is 0.205. The predicted molar refractivity (Wildman–Crippen MR) is 173 cm³/mol. The third-order valence-corrected chi connectivity index (χ3v) is 9.31. The Morgan fingerprint density at radius 2 is 1.91 bits per heavy atom. The van der Waals surface area contributed by atoms with E-state index in [-0.39, 0.29) is 18.5 Å². The van der Waals surface area contributed by atoms with Crippen LogP contribution >= 0.6 is 11.6 Å². The Hall–Kier alpha value is -3.84. The van der Waals surface area contributed by atoms with E-state index in [4.69, 9.17) is 16.3 Å². The van der Waals surface area contributed by atoms with Gasteiger partial charge in [0.1, 0.15) is 11.9 Å². The SMILES string of the molecule is C[C@H](C(=O)N[C@H](CO)c1cc(F)cc(N2CCN(C)CC2)c1)N1Cc2ccc(-c3nc(NC4CCOCC4)ncc3Cl)cc2C1=O. The average molecular weight is 652 g/mol. The smallest absolute Gasteiger partial charge is 0.255 e. The van der Waals surface area contributed by atoms with E-state index in [9.17, 15) is 19.1 Å². The molecule has 11 nitrogen and oxygen atoms in total. The maximum absolute atomic E-state index is 14.7. The van der Waals surface area contributed by atoms with Crippen LogP contribution in [0.5, 0.6) is 0 Å². The lowest BCUT2D eigenvalue weighted by molar-refractivity contribution is -0.126. The van der Waals surface area contributed by atoms with Gasteiger partial charge in [-0.1, -0.05) is 23.7 Å². The highest BCUT2D eigenvalue weighted by Crippen LogP contribution is 2.33. The number of hydrogen-bond acceptors (Lipinski definition) is 9. The highest BCUT2D eigenvalue weighted by molar-refractivity contribution is 6.33. The molecule has 3 N–H and O–H groups in total. The Morgan fingerprint density at radius 1 is 1.15 bits per heavy atom. The average Bonchev–Trinajstić information content (AvgIpc) is 3.39. The third-order valence-electron chi connectivity index (χ3n) is 9.04. The maximum atomic E-state index is 14.7. The molecule has 244 valence electrons. The van der Waals surface area contributed by atoms with Gasteiger partial charge in [-0.2, -0.15) is 0 Å². The molecule has 1 aromatic heterocycles. The van der Waals surface area contributed by atoms with Crippen molar-refractivity contribution in [1.29, 1.82) is 0 Å². The number of likely N-dealkylation sites (N-methyl/N-ethyl adjacent to an activating group) is 1. The first-order valence-corrected chi connectivity index (χ1v) is 16.0. The summed E-state index contributed by atoms with van der Waals surface area (Å²) in [6.07, 6.45) is 3.26. The number of nitrogens with zero attached hydrogens (tertiary/aromatic N) is 5. The second-order valence-electron chi connectivity index (χ2n) is 12.2. The quantitative estimate of drug-likeness (QED) is 0.319. The Labute approximate surface area is 272 Å². The van der Waals surface area contributed by atoms with Crippen molar-refractivity contribution in [3.63, 3.8) is 0 Å². The number of rotatable bonds is 9. The van der Waals surface area contributed by atoms with E-state index in [0.29, 0.717) is 52.3 Å². The second-order valence-corrected chi connectivity index (χ2v) is 12.6. The molecule has 2 fully saturated rings. The van der Waals surface area contributed by atoms with Gasteiger partial charge < -0.3 is 35.2 Å². The Balaban J connectivity index is 1.14. The summed E-state index contributed by atoms with van der Waals surface area (Å²) in [7, 11) is 2.05. The van der Waals surface area contributed by atoms with E-state index in [1.54, 1.807) is 25.3 Å². The zero-order chi connectivity index (χ0) is 32.4. The Kier molecular flexibility index (Phi) is 9.69. The lowest BCUT2D eigenvalue weighted by atomic mass is 10.0. The van der Waals surface area contributed by atoms with Crippen molar-refractivity contribution in [3.8, 4) is 11.3 Å². The zero-order valence-electron chi connectivity index (χ0n) is 26.0. The summed E-state index contributed by atoms with van der Waals surface area (Å²) in [5.41, 5.74) is 3.58. The van der Waals surface area contributed by atoms with E-state index in [2.05, 4.69) is 30.4 Å². The first kappa shape index (κ1) is 32.1. The molecule has 0 bridgehead atoms. The number of piperazine rings is 1. The van der Waals surface area contributed by atoms with Crippen LogP contribution in [0.4, 0.5) is 16.0 Å². The lowest BCUT2D eigenvalue weighted by Crippen LogP contribution is -2.47. The fourth-order valence-electron chi connectivity index (χ4n) is 6.16. The maximum Gasteiger partial charge on any atom is 0.255 e. The summed E-state index contributed by atoms with van der Waals surface area (Å²) in [6.45, 7) is 6.05. The number of ether oxygens (including phenoxy) is 1. The highest BCUT2D eigenvalue weighted by Gasteiger charge is 2.35. The molecule has 3 aliphatic heterocycles. The van der Waals surface area contributed by atoms with Crippen molar-refractivity contribution in [2.24, 2.45) is 0 Å². The Bertz CT molecular complexity index is 1600. The second kappa shape index (κ2) is 13.9. The summed E-state index contributed by atoms with van der Waals surface area (Å²) in [4.78, 5) is 41.8. The Morgan fingerprint density at radius 3 is 2.65 bits per heavy atom. The number of carbonyl (C=O) groups excluding carboxylic acids is 2. The molecular formula is C33H39ClFN7O4. The van der Waals surface area contributed by atoms with Gasteiger partial charge in [0.15, 0.2) is 0 Å². The normalized spacial score (nSPS) is 18.8. The number of benzene rings is 2. The van der Waals surface area contributed by atoms with Gasteiger partial charge in [-0.05, 0) is 62.2 Å². The molecule has 0 aliphatic carbocycles. The zero-order valence-corrected chi connectivity index (χ0v) is 26.8. The first-order valence-electron chi connectivity index (χ1n) is 15.7. The van der Waals surface area contributed by atoms with Crippen molar-refractivity contribution >= 4 is 35.1 Å². The lowest BCUT2D eigenvalue weighted by Gasteiger charge is -2.34. The summed E-state index contributed by atoms with van der Waals surface area (Å²) in [5, 5.41) is 16.7. The molecule has 4 heterocycles. The number of fused-ring (bicyclic) bond motifs is 1. The molecule has 3 aliphatic rings. The molecule has 0 radical (unpaired) electrons. The number of aliphatic hydroxyl groups excluding tert-OH is 1. The number of carbonyl (C=O) groups is 2. The minimum atomic E-state index is -0.846. The molecule has 0 unspecified atom stereocenters. The van der Waals surface area contributed by atoms with E-state index >= 15 is 0 Å². The monoisotopic (exact) mass is 651 g/mol. The summed E-state index contributed by atoms with van der Waals surface area (Å²) < 4.78 is 20.1. The summed E-state index contributed by atoms with van der Waals surface area (Å²) in [6, 6.07) is 8.58. The number of anilines is 2. The van der Waals surface area contributed by atoms with Crippen LogP contribution in [0.25, 0.3) is 11.3 Å². The van der Waals surface area contributed by atoms with Crippen LogP contribution in [-0.2, 0) is 16.1 Å². The van der Waals surface area contributed by atoms with Gasteiger partial charge in [-0.15, -0.1) is 0 Å². The van der Waals surface area contributed by atoms with E-state index < -0.39 is 30.4 Å². The van der Waals surface area contributed by atoms with Crippen LogP contribution in [-0.4, -0.2) is 102 Å². The molecule has 13 heteroatoms. The van der Waals surface area contributed by atoms with Gasteiger partial charge in [0.2, 0.25) is 11.9 Å². The van der Waals surface area contributed by atoms with Crippen molar-refractivity contribution in [2.45, 2.75) is 44.4 Å². The molecule has 0 saturated carbocycles. The number of aromatic nitrogens is 2. The van der Waals surface area contributed by atoms with Gasteiger partial charge >= 0.3 is 0 Å². The fraction of sp³-hybridized carbons (Fsp3) is 0.455. The number of hydrogen-bond donors (Lipinski definition) is 3. The summed E-state index contributed by atoms with van der Waals surface area (Å²) >= 11 is 6.49. The van der Waals surface area contributed by atoms with Crippen molar-refractivity contribution in [1.82, 2.24) is 25.1 Å². The van der Waals surface area contributed by atoms with Crippen LogP contribution in [0.2, 0.25) is 5.02 Å². The van der Waals surface area contributed by atoms with E-state index in [0.717, 1.165) is 44.6 Å². The van der Waals surface area contributed by atoms with E-state index in [1.165, 1.54) is 17.0 Å². The number of aliphatic hydroxyl groups is 1. The minimum Gasteiger partial charge on any atom is -0.394 e. The predicted octanol–water partition coefficient (Wildman–Crippen LogP) is 3.47. The molecular weight excluding hydrogens is 613 g/mol. The molecule has 6 rings (SSSR count).